The van der Waals surface area contributed by atoms with E-state index in [1.807, 2.05) is 31.2 Å². The molecule has 7 heteroatoms. The van der Waals surface area contributed by atoms with E-state index in [0.29, 0.717) is 34.1 Å². The lowest BCUT2D eigenvalue weighted by atomic mass is 9.95. The van der Waals surface area contributed by atoms with Crippen LogP contribution in [0.25, 0.3) is 5.76 Å². The molecule has 0 radical (unpaired) electrons. The minimum absolute atomic E-state index is 0.0271. The Morgan fingerprint density at radius 1 is 0.971 bits per heavy atom. The lowest BCUT2D eigenvalue weighted by Gasteiger charge is -2.26. The first-order chi connectivity index (χ1) is 16.8. The Labute approximate surface area is 209 Å². The van der Waals surface area contributed by atoms with Crippen LogP contribution < -0.4 is 9.47 Å². The zero-order valence-corrected chi connectivity index (χ0v) is 20.5. The highest BCUT2D eigenvalue weighted by molar-refractivity contribution is 6.47. The fourth-order valence-corrected chi connectivity index (χ4v) is 4.52. The maximum absolute atomic E-state index is 13.2. The summed E-state index contributed by atoms with van der Waals surface area (Å²) in [5.74, 6) is -0.453. The SMILES string of the molecule is COc1ccc(CCN2C(=O)C(=O)C(=C(O)c3ccc(C)cc3)[C@@H]2c2ccccc2Cl)cc1OC. The number of amides is 1. The van der Waals surface area contributed by atoms with Crippen molar-refractivity contribution in [3.8, 4) is 11.5 Å². The van der Waals surface area contributed by atoms with Gasteiger partial charge in [0.1, 0.15) is 5.76 Å². The van der Waals surface area contributed by atoms with Gasteiger partial charge in [-0.1, -0.05) is 65.7 Å². The number of benzene rings is 3. The molecule has 180 valence electrons. The molecule has 3 aromatic carbocycles. The largest absolute Gasteiger partial charge is 0.507 e. The number of methoxy groups -OCH3 is 2. The molecule has 0 spiro atoms. The van der Waals surface area contributed by atoms with Crippen LogP contribution in [0.1, 0.15) is 28.3 Å². The molecule has 1 fully saturated rings. The lowest BCUT2D eigenvalue weighted by molar-refractivity contribution is -0.139. The molecule has 6 nitrogen and oxygen atoms in total. The minimum Gasteiger partial charge on any atom is -0.507 e. The van der Waals surface area contributed by atoms with E-state index in [9.17, 15) is 14.7 Å². The molecular formula is C28H26ClNO5. The van der Waals surface area contributed by atoms with Crippen LogP contribution in [0.3, 0.4) is 0 Å². The summed E-state index contributed by atoms with van der Waals surface area (Å²) in [6.45, 7) is 2.17. The Balaban J connectivity index is 1.75. The molecule has 1 atom stereocenters. The maximum atomic E-state index is 13.2. The smallest absolute Gasteiger partial charge is 0.295 e. The number of carbonyl (C=O) groups excluding carboxylic acids is 2. The summed E-state index contributed by atoms with van der Waals surface area (Å²) in [7, 11) is 3.12. The highest BCUT2D eigenvalue weighted by Crippen LogP contribution is 2.42. The van der Waals surface area contributed by atoms with Crippen molar-refractivity contribution >= 4 is 29.1 Å². The zero-order valence-electron chi connectivity index (χ0n) is 19.7. The Morgan fingerprint density at radius 2 is 1.66 bits per heavy atom. The van der Waals surface area contributed by atoms with Crippen molar-refractivity contribution in [2.75, 3.05) is 20.8 Å². The number of likely N-dealkylation sites (tertiary alicyclic amines) is 1. The van der Waals surface area contributed by atoms with Gasteiger partial charge in [0.25, 0.3) is 11.7 Å². The third kappa shape index (κ3) is 4.75. The standard InChI is InChI=1S/C28H26ClNO5/c1-17-8-11-19(12-9-17)26(31)24-25(20-6-4-5-7-21(20)29)30(28(33)27(24)32)15-14-18-10-13-22(34-2)23(16-18)35-3/h4-13,16,25,31H,14-15H2,1-3H3/t25-/m0/s1. The van der Waals surface area contributed by atoms with E-state index in [0.717, 1.165) is 11.1 Å². The minimum atomic E-state index is -0.815. The van der Waals surface area contributed by atoms with Crippen molar-refractivity contribution in [2.45, 2.75) is 19.4 Å². The van der Waals surface area contributed by atoms with Crippen molar-refractivity contribution in [3.05, 3.63) is 99.6 Å². The third-order valence-corrected chi connectivity index (χ3v) is 6.50. The van der Waals surface area contributed by atoms with Crippen molar-refractivity contribution < 1.29 is 24.2 Å². The van der Waals surface area contributed by atoms with Gasteiger partial charge in [0.15, 0.2) is 11.5 Å². The number of nitrogens with zero attached hydrogens (tertiary/aromatic N) is 1. The van der Waals surface area contributed by atoms with E-state index >= 15 is 0 Å². The second-order valence-corrected chi connectivity index (χ2v) is 8.73. The first kappa shape index (κ1) is 24.4. The molecule has 0 aromatic heterocycles. The van der Waals surface area contributed by atoms with Gasteiger partial charge in [-0.3, -0.25) is 9.59 Å². The van der Waals surface area contributed by atoms with E-state index in [-0.39, 0.29) is 17.9 Å². The van der Waals surface area contributed by atoms with Gasteiger partial charge in [-0.15, -0.1) is 0 Å². The molecule has 0 aliphatic carbocycles. The third-order valence-electron chi connectivity index (χ3n) is 6.15. The monoisotopic (exact) mass is 491 g/mol. The molecule has 1 N–H and O–H groups in total. The second kappa shape index (κ2) is 10.2. The van der Waals surface area contributed by atoms with Gasteiger partial charge in [0.05, 0.1) is 25.8 Å². The molecule has 1 aliphatic rings. The number of halogens is 1. The van der Waals surface area contributed by atoms with E-state index in [4.69, 9.17) is 21.1 Å². The van der Waals surface area contributed by atoms with Crippen LogP contribution in [0.2, 0.25) is 5.02 Å². The van der Waals surface area contributed by atoms with E-state index in [1.54, 1.807) is 56.7 Å². The van der Waals surface area contributed by atoms with Crippen molar-refractivity contribution in [2.24, 2.45) is 0 Å². The average Bonchev–Trinajstić information content (AvgIpc) is 3.12. The Morgan fingerprint density at radius 3 is 2.31 bits per heavy atom. The van der Waals surface area contributed by atoms with Gasteiger partial charge in [0, 0.05) is 17.1 Å². The summed E-state index contributed by atoms with van der Waals surface area (Å²) >= 11 is 6.51. The van der Waals surface area contributed by atoms with E-state index in [1.165, 1.54) is 4.90 Å². The number of ether oxygens (including phenoxy) is 2. The molecule has 1 amide bonds. The summed E-state index contributed by atoms with van der Waals surface area (Å²) in [6.07, 6.45) is 0.457. The van der Waals surface area contributed by atoms with Crippen LogP contribution in [0, 0.1) is 6.92 Å². The van der Waals surface area contributed by atoms with Gasteiger partial charge < -0.3 is 19.5 Å². The first-order valence-electron chi connectivity index (χ1n) is 11.2. The van der Waals surface area contributed by atoms with Gasteiger partial charge in [-0.2, -0.15) is 0 Å². The number of hydrogen-bond donors (Lipinski definition) is 1. The van der Waals surface area contributed by atoms with E-state index in [2.05, 4.69) is 0 Å². The lowest BCUT2D eigenvalue weighted by Crippen LogP contribution is -2.31. The number of aryl methyl sites for hydroxylation is 1. The fraction of sp³-hybridized carbons (Fsp3) is 0.214. The number of hydrogen-bond acceptors (Lipinski definition) is 5. The predicted molar refractivity (Wildman–Crippen MR) is 135 cm³/mol. The second-order valence-electron chi connectivity index (χ2n) is 8.32. The number of carbonyl (C=O) groups is 2. The summed E-state index contributed by atoms with van der Waals surface area (Å²) in [5.41, 5.74) is 2.99. The predicted octanol–water partition coefficient (Wildman–Crippen LogP) is 5.33. The Hall–Kier alpha value is -3.77. The first-order valence-corrected chi connectivity index (χ1v) is 11.5. The van der Waals surface area contributed by atoms with Crippen molar-refractivity contribution in [1.82, 2.24) is 4.90 Å². The number of aliphatic hydroxyl groups excluding tert-OH is 1. The number of Topliss-reactive ketones (excluding diaryl/α,β-unsaturated/α-hetero) is 1. The van der Waals surface area contributed by atoms with Gasteiger partial charge >= 0.3 is 0 Å². The molecule has 3 aromatic rings. The summed E-state index contributed by atoms with van der Waals surface area (Å²) in [4.78, 5) is 27.9. The molecule has 0 bridgehead atoms. The van der Waals surface area contributed by atoms with Crippen molar-refractivity contribution in [1.29, 1.82) is 0 Å². The summed E-state index contributed by atoms with van der Waals surface area (Å²) in [6, 6.07) is 18.9. The molecule has 0 unspecified atom stereocenters. The maximum Gasteiger partial charge on any atom is 0.295 e. The highest BCUT2D eigenvalue weighted by atomic mass is 35.5. The van der Waals surface area contributed by atoms with Crippen LogP contribution in [0.4, 0.5) is 0 Å². The van der Waals surface area contributed by atoms with Gasteiger partial charge in [0.2, 0.25) is 0 Å². The van der Waals surface area contributed by atoms with Crippen LogP contribution in [-0.2, 0) is 16.0 Å². The number of rotatable bonds is 7. The van der Waals surface area contributed by atoms with Crippen LogP contribution in [-0.4, -0.2) is 42.5 Å². The topological polar surface area (TPSA) is 76.1 Å². The van der Waals surface area contributed by atoms with E-state index < -0.39 is 17.7 Å². The van der Waals surface area contributed by atoms with Crippen molar-refractivity contribution in [3.63, 3.8) is 0 Å². The van der Waals surface area contributed by atoms with Crippen LogP contribution in [0.5, 0.6) is 11.5 Å². The molecule has 4 rings (SSSR count). The average molecular weight is 492 g/mol. The zero-order chi connectivity index (χ0) is 25.1. The Bertz CT molecular complexity index is 1300. The number of ketones is 1. The molecule has 35 heavy (non-hydrogen) atoms. The Kier molecular flexibility index (Phi) is 7.12. The molecule has 1 aliphatic heterocycles. The molecule has 0 saturated carbocycles. The quantitative estimate of drug-likeness (QED) is 0.274. The molecular weight excluding hydrogens is 466 g/mol. The van der Waals surface area contributed by atoms with Crippen LogP contribution in [0.15, 0.2) is 72.3 Å². The fourth-order valence-electron chi connectivity index (χ4n) is 4.28. The highest BCUT2D eigenvalue weighted by Gasteiger charge is 2.46. The number of aliphatic hydroxyl groups is 1. The molecule has 1 saturated heterocycles. The van der Waals surface area contributed by atoms with Crippen LogP contribution >= 0.6 is 11.6 Å². The summed E-state index contributed by atoms with van der Waals surface area (Å²) in [5, 5.41) is 11.6. The normalized spacial score (nSPS) is 17.0. The summed E-state index contributed by atoms with van der Waals surface area (Å²) < 4.78 is 10.7. The van der Waals surface area contributed by atoms with Gasteiger partial charge in [-0.05, 0) is 42.7 Å². The molecule has 1 heterocycles. The van der Waals surface area contributed by atoms with Gasteiger partial charge in [-0.25, -0.2) is 0 Å².